The minimum atomic E-state index is -0.982. The first-order chi connectivity index (χ1) is 13.8. The Bertz CT molecular complexity index is 913. The van der Waals surface area contributed by atoms with E-state index in [-0.39, 0.29) is 22.9 Å². The molecule has 2 aromatic rings. The molecule has 2 N–H and O–H groups in total. The van der Waals surface area contributed by atoms with Crippen LogP contribution in [0.1, 0.15) is 43.1 Å². The number of carbonyl (C=O) groups excluding carboxylic acids is 2. The third-order valence-electron chi connectivity index (χ3n) is 4.55. The quantitative estimate of drug-likeness (QED) is 0.695. The van der Waals surface area contributed by atoms with Crippen molar-refractivity contribution in [3.05, 3.63) is 46.9 Å². The molecule has 3 rings (SSSR count). The van der Waals surface area contributed by atoms with E-state index in [9.17, 15) is 9.59 Å². The number of carbonyl (C=O) groups is 2. The van der Waals surface area contributed by atoms with E-state index in [1.807, 2.05) is 6.92 Å². The van der Waals surface area contributed by atoms with Crippen LogP contribution in [0.25, 0.3) is 0 Å². The lowest BCUT2D eigenvalue weighted by Crippen LogP contribution is -2.28. The molecule has 0 unspecified atom stereocenters. The summed E-state index contributed by atoms with van der Waals surface area (Å²) in [5.41, 5.74) is 1.37. The molecule has 9 heteroatoms. The van der Waals surface area contributed by atoms with E-state index in [0.717, 1.165) is 0 Å². The molecule has 0 spiro atoms. The molecule has 29 heavy (non-hydrogen) atoms. The van der Waals surface area contributed by atoms with E-state index < -0.39 is 5.79 Å². The van der Waals surface area contributed by atoms with Crippen molar-refractivity contribution in [2.75, 3.05) is 23.8 Å². The lowest BCUT2D eigenvalue weighted by Gasteiger charge is -2.28. The number of anilines is 2. The average molecular weight is 419 g/mol. The van der Waals surface area contributed by atoms with Gasteiger partial charge in [0.1, 0.15) is 11.0 Å². The minimum absolute atomic E-state index is 0.181. The van der Waals surface area contributed by atoms with Gasteiger partial charge in [0.05, 0.1) is 25.1 Å². The Morgan fingerprint density at radius 3 is 2.59 bits per heavy atom. The first-order valence-electron chi connectivity index (χ1n) is 9.37. The molecular formula is C20H23ClN4O4. The van der Waals surface area contributed by atoms with E-state index in [1.54, 1.807) is 26.0 Å². The van der Waals surface area contributed by atoms with Gasteiger partial charge in [-0.2, -0.15) is 0 Å². The summed E-state index contributed by atoms with van der Waals surface area (Å²) < 4.78 is 11.7. The number of halogens is 1. The molecule has 1 saturated heterocycles. The summed E-state index contributed by atoms with van der Waals surface area (Å²) in [7, 11) is 0. The van der Waals surface area contributed by atoms with Gasteiger partial charge >= 0.3 is 0 Å². The highest BCUT2D eigenvalue weighted by Crippen LogP contribution is 2.39. The van der Waals surface area contributed by atoms with E-state index in [1.165, 1.54) is 18.5 Å². The van der Waals surface area contributed by atoms with Crippen molar-refractivity contribution in [3.8, 4) is 0 Å². The number of pyridine rings is 2. The zero-order valence-electron chi connectivity index (χ0n) is 16.5. The van der Waals surface area contributed by atoms with Crippen molar-refractivity contribution in [2.24, 2.45) is 5.92 Å². The first kappa shape index (κ1) is 21.2. The fraction of sp³-hybridized carbons (Fsp3) is 0.400. The summed E-state index contributed by atoms with van der Waals surface area (Å²) in [6, 6.07) is 4.70. The SMILES string of the molecule is CCC1(c2cc(Cl)ncc2NC(=O)c2ccnc(NC(=O)C(C)C)c2)OCCO1. The van der Waals surface area contributed by atoms with Crippen LogP contribution in [0.5, 0.6) is 0 Å². The number of ether oxygens (including phenoxy) is 2. The van der Waals surface area contributed by atoms with Crippen LogP contribution in [0.15, 0.2) is 30.6 Å². The molecule has 0 bridgehead atoms. The fourth-order valence-electron chi connectivity index (χ4n) is 2.95. The summed E-state index contributed by atoms with van der Waals surface area (Å²) in [5, 5.41) is 5.78. The number of hydrogen-bond acceptors (Lipinski definition) is 6. The Balaban J connectivity index is 1.86. The predicted molar refractivity (Wildman–Crippen MR) is 109 cm³/mol. The van der Waals surface area contributed by atoms with Gasteiger partial charge in [0, 0.05) is 29.7 Å². The number of nitrogens with one attached hydrogen (secondary N) is 2. The van der Waals surface area contributed by atoms with E-state index in [0.29, 0.717) is 42.3 Å². The summed E-state index contributed by atoms with van der Waals surface area (Å²) in [6.07, 6.45) is 3.47. The second kappa shape index (κ2) is 8.86. The number of amides is 2. The molecule has 0 saturated carbocycles. The zero-order chi connectivity index (χ0) is 21.0. The molecule has 1 aliphatic rings. The fourth-order valence-corrected chi connectivity index (χ4v) is 3.11. The van der Waals surface area contributed by atoms with Crippen molar-refractivity contribution < 1.29 is 19.1 Å². The maximum atomic E-state index is 12.8. The molecule has 1 aliphatic heterocycles. The second-order valence-corrected chi connectivity index (χ2v) is 7.27. The number of nitrogens with zero attached hydrogens (tertiary/aromatic N) is 2. The lowest BCUT2D eigenvalue weighted by molar-refractivity contribution is -0.167. The van der Waals surface area contributed by atoms with Gasteiger partial charge in [-0.25, -0.2) is 9.97 Å². The van der Waals surface area contributed by atoms with Gasteiger partial charge in [-0.05, 0) is 18.2 Å². The highest BCUT2D eigenvalue weighted by atomic mass is 35.5. The molecule has 0 aliphatic carbocycles. The van der Waals surface area contributed by atoms with Crippen LogP contribution in [0.2, 0.25) is 5.15 Å². The summed E-state index contributed by atoms with van der Waals surface area (Å²) in [6.45, 7) is 6.38. The van der Waals surface area contributed by atoms with Gasteiger partial charge in [0.15, 0.2) is 5.79 Å². The van der Waals surface area contributed by atoms with Crippen LogP contribution in [0.3, 0.4) is 0 Å². The molecule has 0 aromatic carbocycles. The largest absolute Gasteiger partial charge is 0.343 e. The van der Waals surface area contributed by atoms with Crippen LogP contribution in [-0.4, -0.2) is 35.0 Å². The minimum Gasteiger partial charge on any atom is -0.343 e. The molecular weight excluding hydrogens is 396 g/mol. The molecule has 0 radical (unpaired) electrons. The standard InChI is InChI=1S/C20H23ClN4O4/c1-4-20(28-7-8-29-20)14-10-16(21)23-11-15(14)24-19(27)13-5-6-22-17(9-13)25-18(26)12(2)3/h5-6,9-12H,4,7-8H2,1-3H3,(H,24,27)(H,22,25,26). The highest BCUT2D eigenvalue weighted by molar-refractivity contribution is 6.29. The Morgan fingerprint density at radius 2 is 1.93 bits per heavy atom. The smallest absolute Gasteiger partial charge is 0.255 e. The predicted octanol–water partition coefficient (Wildman–Crippen LogP) is 3.59. The topological polar surface area (TPSA) is 102 Å². The van der Waals surface area contributed by atoms with E-state index in [4.69, 9.17) is 21.1 Å². The Morgan fingerprint density at radius 1 is 1.21 bits per heavy atom. The van der Waals surface area contributed by atoms with Gasteiger partial charge in [0.25, 0.3) is 5.91 Å². The molecule has 8 nitrogen and oxygen atoms in total. The van der Waals surface area contributed by atoms with Gasteiger partial charge < -0.3 is 20.1 Å². The van der Waals surface area contributed by atoms with Crippen LogP contribution in [0.4, 0.5) is 11.5 Å². The first-order valence-corrected chi connectivity index (χ1v) is 9.74. The summed E-state index contributed by atoms with van der Waals surface area (Å²) >= 11 is 6.08. The van der Waals surface area contributed by atoms with Crippen molar-refractivity contribution in [1.82, 2.24) is 9.97 Å². The van der Waals surface area contributed by atoms with Crippen molar-refractivity contribution in [1.29, 1.82) is 0 Å². The highest BCUT2D eigenvalue weighted by Gasteiger charge is 2.39. The van der Waals surface area contributed by atoms with Gasteiger partial charge in [-0.1, -0.05) is 32.4 Å². The molecule has 1 fully saturated rings. The lowest BCUT2D eigenvalue weighted by atomic mass is 10.0. The van der Waals surface area contributed by atoms with Crippen molar-refractivity contribution in [3.63, 3.8) is 0 Å². The maximum absolute atomic E-state index is 12.8. The van der Waals surface area contributed by atoms with Crippen molar-refractivity contribution in [2.45, 2.75) is 33.0 Å². The summed E-state index contributed by atoms with van der Waals surface area (Å²) in [4.78, 5) is 32.9. The average Bonchev–Trinajstić information content (AvgIpc) is 3.19. The zero-order valence-corrected chi connectivity index (χ0v) is 17.2. The molecule has 154 valence electrons. The van der Waals surface area contributed by atoms with Crippen LogP contribution >= 0.6 is 11.6 Å². The number of hydrogen-bond donors (Lipinski definition) is 2. The Kier molecular flexibility index (Phi) is 6.46. The summed E-state index contributed by atoms with van der Waals surface area (Å²) in [5.74, 6) is -1.45. The number of aromatic nitrogens is 2. The molecule has 2 amide bonds. The third kappa shape index (κ3) is 4.72. The molecule has 2 aromatic heterocycles. The van der Waals surface area contributed by atoms with E-state index in [2.05, 4.69) is 20.6 Å². The maximum Gasteiger partial charge on any atom is 0.255 e. The Labute approximate surface area is 174 Å². The van der Waals surface area contributed by atoms with Crippen LogP contribution < -0.4 is 10.6 Å². The van der Waals surface area contributed by atoms with Crippen LogP contribution in [-0.2, 0) is 20.1 Å². The Hall–Kier alpha value is -2.55. The van der Waals surface area contributed by atoms with Gasteiger partial charge in [-0.15, -0.1) is 0 Å². The van der Waals surface area contributed by atoms with Crippen molar-refractivity contribution >= 4 is 34.9 Å². The van der Waals surface area contributed by atoms with Gasteiger partial charge in [-0.3, -0.25) is 9.59 Å². The third-order valence-corrected chi connectivity index (χ3v) is 4.75. The second-order valence-electron chi connectivity index (χ2n) is 6.88. The van der Waals surface area contributed by atoms with Gasteiger partial charge in [0.2, 0.25) is 5.91 Å². The van der Waals surface area contributed by atoms with Crippen LogP contribution in [0, 0.1) is 5.92 Å². The normalized spacial score (nSPS) is 15.3. The monoisotopic (exact) mass is 418 g/mol. The molecule has 0 atom stereocenters. The van der Waals surface area contributed by atoms with E-state index >= 15 is 0 Å². The molecule has 3 heterocycles. The number of rotatable bonds is 6.